The molecule has 2 aromatic rings. The van der Waals surface area contributed by atoms with E-state index < -0.39 is 0 Å². The Bertz CT molecular complexity index is 549. The van der Waals surface area contributed by atoms with Crippen molar-refractivity contribution < 1.29 is 4.79 Å². The molecule has 0 saturated carbocycles. The maximum Gasteiger partial charge on any atom is 0.222 e. The molecule has 0 unspecified atom stereocenters. The fourth-order valence-corrected chi connectivity index (χ4v) is 2.80. The fourth-order valence-electron chi connectivity index (χ4n) is 1.84. The van der Waals surface area contributed by atoms with Crippen LogP contribution in [0.5, 0.6) is 0 Å². The van der Waals surface area contributed by atoms with E-state index in [1.165, 1.54) is 10.4 Å². The molecule has 0 bridgehead atoms. The van der Waals surface area contributed by atoms with Gasteiger partial charge in [0.2, 0.25) is 5.91 Å². The number of amides is 1. The van der Waals surface area contributed by atoms with Crippen LogP contribution in [0, 0.1) is 5.92 Å². The molecule has 0 aliphatic rings. The number of hydrogen-bond donors (Lipinski definition) is 1. The predicted octanol–water partition coefficient (Wildman–Crippen LogP) is 3.05. The minimum absolute atomic E-state index is 0.0416. The summed E-state index contributed by atoms with van der Waals surface area (Å²) in [5.74, 6) is 0.144. The molecule has 0 aliphatic carbocycles. The average molecular weight is 288 g/mol. The van der Waals surface area contributed by atoms with Crippen LogP contribution in [0.1, 0.15) is 29.3 Å². The fraction of sp³-hybridized carbons (Fsp3) is 0.375. The zero-order valence-electron chi connectivity index (χ0n) is 11.9. The van der Waals surface area contributed by atoms with Crippen molar-refractivity contribution in [3.63, 3.8) is 0 Å². The summed E-state index contributed by atoms with van der Waals surface area (Å²) in [7, 11) is 0. The SMILES string of the molecule is CC(C)C(=O)NCCc1ncc(Cc2ccccc2)s1. The van der Waals surface area contributed by atoms with Crippen molar-refractivity contribution in [3.8, 4) is 0 Å². The number of carbonyl (C=O) groups excluding carboxylic acids is 1. The van der Waals surface area contributed by atoms with E-state index in [1.54, 1.807) is 11.3 Å². The van der Waals surface area contributed by atoms with Crippen LogP contribution < -0.4 is 5.32 Å². The molecular weight excluding hydrogens is 268 g/mol. The molecule has 1 amide bonds. The van der Waals surface area contributed by atoms with Crippen molar-refractivity contribution in [2.24, 2.45) is 5.92 Å². The maximum absolute atomic E-state index is 11.5. The molecule has 1 heterocycles. The molecule has 0 aliphatic heterocycles. The second-order valence-corrected chi connectivity index (χ2v) is 6.28. The number of aromatic nitrogens is 1. The van der Waals surface area contributed by atoms with Crippen molar-refractivity contribution >= 4 is 17.2 Å². The van der Waals surface area contributed by atoms with E-state index in [0.717, 1.165) is 17.8 Å². The van der Waals surface area contributed by atoms with Gasteiger partial charge in [0.05, 0.1) is 5.01 Å². The summed E-state index contributed by atoms with van der Waals surface area (Å²) < 4.78 is 0. The lowest BCUT2D eigenvalue weighted by atomic mass is 10.1. The molecule has 1 aromatic carbocycles. The molecule has 20 heavy (non-hydrogen) atoms. The van der Waals surface area contributed by atoms with Gasteiger partial charge in [0.15, 0.2) is 0 Å². The van der Waals surface area contributed by atoms with E-state index in [0.29, 0.717) is 6.54 Å². The normalized spacial score (nSPS) is 10.8. The van der Waals surface area contributed by atoms with E-state index in [9.17, 15) is 4.79 Å². The van der Waals surface area contributed by atoms with Gasteiger partial charge in [0, 0.05) is 36.4 Å². The second-order valence-electron chi connectivity index (χ2n) is 5.08. The van der Waals surface area contributed by atoms with Gasteiger partial charge in [-0.15, -0.1) is 11.3 Å². The third-order valence-corrected chi connectivity index (χ3v) is 4.04. The van der Waals surface area contributed by atoms with Crippen LogP contribution in [0.15, 0.2) is 36.5 Å². The number of nitrogens with one attached hydrogen (secondary N) is 1. The lowest BCUT2D eigenvalue weighted by Gasteiger charge is -2.05. The highest BCUT2D eigenvalue weighted by molar-refractivity contribution is 7.11. The average Bonchev–Trinajstić information content (AvgIpc) is 2.87. The summed E-state index contributed by atoms with van der Waals surface area (Å²) in [5.41, 5.74) is 1.30. The summed E-state index contributed by atoms with van der Waals surface area (Å²) in [6, 6.07) is 10.4. The Hall–Kier alpha value is -1.68. The van der Waals surface area contributed by atoms with Crippen LogP contribution in [0.4, 0.5) is 0 Å². The molecule has 3 nitrogen and oxygen atoms in total. The van der Waals surface area contributed by atoms with Gasteiger partial charge in [-0.25, -0.2) is 4.98 Å². The third-order valence-electron chi connectivity index (χ3n) is 2.99. The van der Waals surface area contributed by atoms with Crippen LogP contribution >= 0.6 is 11.3 Å². The Kier molecular flexibility index (Phi) is 5.30. The first-order valence-electron chi connectivity index (χ1n) is 6.90. The molecule has 0 spiro atoms. The zero-order valence-corrected chi connectivity index (χ0v) is 12.7. The highest BCUT2D eigenvalue weighted by Gasteiger charge is 2.07. The third kappa shape index (κ3) is 4.46. The van der Waals surface area contributed by atoms with Gasteiger partial charge in [0.1, 0.15) is 0 Å². The molecule has 0 saturated heterocycles. The smallest absolute Gasteiger partial charge is 0.222 e. The minimum atomic E-state index is 0.0416. The molecule has 2 rings (SSSR count). The lowest BCUT2D eigenvalue weighted by molar-refractivity contribution is -0.123. The molecule has 0 radical (unpaired) electrons. The number of benzene rings is 1. The van der Waals surface area contributed by atoms with E-state index in [4.69, 9.17) is 0 Å². The first-order chi connectivity index (χ1) is 9.65. The lowest BCUT2D eigenvalue weighted by Crippen LogP contribution is -2.29. The van der Waals surface area contributed by atoms with Gasteiger partial charge in [-0.3, -0.25) is 4.79 Å². The van der Waals surface area contributed by atoms with Crippen LogP contribution in [0.25, 0.3) is 0 Å². The molecule has 1 N–H and O–H groups in total. The maximum atomic E-state index is 11.5. The molecule has 0 fully saturated rings. The summed E-state index contributed by atoms with van der Waals surface area (Å²) >= 11 is 1.73. The summed E-state index contributed by atoms with van der Waals surface area (Å²) in [5, 5.41) is 4.00. The highest BCUT2D eigenvalue weighted by atomic mass is 32.1. The Balaban J connectivity index is 1.82. The quantitative estimate of drug-likeness (QED) is 0.887. The first kappa shape index (κ1) is 14.7. The standard InChI is InChI=1S/C16H20N2OS/c1-12(2)16(19)17-9-8-15-18-11-14(20-15)10-13-6-4-3-5-7-13/h3-7,11-12H,8-10H2,1-2H3,(H,17,19). The van der Waals surface area contributed by atoms with Gasteiger partial charge in [-0.1, -0.05) is 44.2 Å². The molecule has 4 heteroatoms. The Labute approximate surface area is 124 Å². The Morgan fingerprint density at radius 2 is 2.05 bits per heavy atom. The monoisotopic (exact) mass is 288 g/mol. The van der Waals surface area contributed by atoms with Crippen LogP contribution in [-0.2, 0) is 17.6 Å². The number of nitrogens with zero attached hydrogens (tertiary/aromatic N) is 1. The van der Waals surface area contributed by atoms with Crippen molar-refractivity contribution in [1.29, 1.82) is 0 Å². The molecule has 1 aromatic heterocycles. The summed E-state index contributed by atoms with van der Waals surface area (Å²) in [6.45, 7) is 4.46. The van der Waals surface area contributed by atoms with Gasteiger partial charge in [-0.05, 0) is 5.56 Å². The molecule has 106 valence electrons. The topological polar surface area (TPSA) is 42.0 Å². The van der Waals surface area contributed by atoms with Gasteiger partial charge >= 0.3 is 0 Å². The van der Waals surface area contributed by atoms with Crippen molar-refractivity contribution in [2.45, 2.75) is 26.7 Å². The Morgan fingerprint density at radius 1 is 1.30 bits per heavy atom. The van der Waals surface area contributed by atoms with Gasteiger partial charge in [-0.2, -0.15) is 0 Å². The number of hydrogen-bond acceptors (Lipinski definition) is 3. The van der Waals surface area contributed by atoms with Crippen LogP contribution in [-0.4, -0.2) is 17.4 Å². The van der Waals surface area contributed by atoms with Crippen molar-refractivity contribution in [1.82, 2.24) is 10.3 Å². The first-order valence-corrected chi connectivity index (χ1v) is 7.72. The number of rotatable bonds is 6. The number of carbonyl (C=O) groups is 1. The van der Waals surface area contributed by atoms with E-state index in [-0.39, 0.29) is 11.8 Å². The molecular formula is C16H20N2OS. The van der Waals surface area contributed by atoms with E-state index in [2.05, 4.69) is 34.6 Å². The number of thiazole rings is 1. The molecule has 0 atom stereocenters. The van der Waals surface area contributed by atoms with Crippen molar-refractivity contribution in [3.05, 3.63) is 52.0 Å². The van der Waals surface area contributed by atoms with Crippen LogP contribution in [0.2, 0.25) is 0 Å². The van der Waals surface area contributed by atoms with Gasteiger partial charge in [0.25, 0.3) is 0 Å². The largest absolute Gasteiger partial charge is 0.355 e. The zero-order chi connectivity index (χ0) is 14.4. The van der Waals surface area contributed by atoms with Crippen molar-refractivity contribution in [2.75, 3.05) is 6.54 Å². The van der Waals surface area contributed by atoms with Gasteiger partial charge < -0.3 is 5.32 Å². The summed E-state index contributed by atoms with van der Waals surface area (Å²) in [4.78, 5) is 17.1. The highest BCUT2D eigenvalue weighted by Crippen LogP contribution is 2.17. The van der Waals surface area contributed by atoms with E-state index in [1.807, 2.05) is 26.1 Å². The minimum Gasteiger partial charge on any atom is -0.355 e. The van der Waals surface area contributed by atoms with Crippen LogP contribution in [0.3, 0.4) is 0 Å². The second kappa shape index (κ2) is 7.20. The Morgan fingerprint density at radius 3 is 2.75 bits per heavy atom. The van der Waals surface area contributed by atoms with E-state index >= 15 is 0 Å². The summed E-state index contributed by atoms with van der Waals surface area (Å²) in [6.07, 6.45) is 3.67. The predicted molar refractivity (Wildman–Crippen MR) is 82.9 cm³/mol.